The van der Waals surface area contributed by atoms with Gasteiger partial charge in [0.15, 0.2) is 0 Å². The molecule has 1 aromatic rings. The van der Waals surface area contributed by atoms with Crippen molar-refractivity contribution in [1.82, 2.24) is 15.2 Å². The van der Waals surface area contributed by atoms with Crippen LogP contribution in [-0.4, -0.2) is 35.6 Å². The minimum absolute atomic E-state index is 0.632. The smallest absolute Gasteiger partial charge is 0.0795 e. The molecule has 3 unspecified atom stereocenters. The van der Waals surface area contributed by atoms with E-state index in [0.29, 0.717) is 12.1 Å². The van der Waals surface area contributed by atoms with Crippen LogP contribution in [0.3, 0.4) is 0 Å². The molecule has 1 aromatic heterocycles. The molecule has 1 aliphatic heterocycles. The number of nitrogens with zero attached hydrogens (tertiary/aromatic N) is 2. The molecule has 0 bridgehead atoms. The SMILES string of the molecule is CC1CN(C)C(C)CC1NCc1cscn1. The molecule has 2 rings (SSSR count). The fourth-order valence-corrected chi connectivity index (χ4v) is 2.94. The largest absolute Gasteiger partial charge is 0.308 e. The lowest BCUT2D eigenvalue weighted by Gasteiger charge is -2.40. The van der Waals surface area contributed by atoms with E-state index in [1.807, 2.05) is 5.51 Å². The molecule has 1 N–H and O–H groups in total. The Hall–Kier alpha value is -0.450. The average molecular weight is 239 g/mol. The molecule has 0 aliphatic carbocycles. The summed E-state index contributed by atoms with van der Waals surface area (Å²) in [6, 6.07) is 1.32. The Morgan fingerprint density at radius 2 is 2.38 bits per heavy atom. The summed E-state index contributed by atoms with van der Waals surface area (Å²) in [4.78, 5) is 6.76. The lowest BCUT2D eigenvalue weighted by Crippen LogP contribution is -2.50. The summed E-state index contributed by atoms with van der Waals surface area (Å²) in [5.74, 6) is 0.722. The third-order valence-corrected chi connectivity index (χ3v) is 4.27. The quantitative estimate of drug-likeness (QED) is 0.874. The molecule has 16 heavy (non-hydrogen) atoms. The van der Waals surface area contributed by atoms with Crippen molar-refractivity contribution < 1.29 is 0 Å². The topological polar surface area (TPSA) is 28.2 Å². The van der Waals surface area contributed by atoms with Crippen molar-refractivity contribution in [3.05, 3.63) is 16.6 Å². The lowest BCUT2D eigenvalue weighted by atomic mass is 9.90. The second kappa shape index (κ2) is 5.25. The molecule has 4 heteroatoms. The van der Waals surface area contributed by atoms with E-state index < -0.39 is 0 Å². The highest BCUT2D eigenvalue weighted by Gasteiger charge is 2.28. The molecule has 0 saturated carbocycles. The molecule has 1 aliphatic rings. The summed E-state index contributed by atoms with van der Waals surface area (Å²) in [5.41, 5.74) is 3.07. The van der Waals surface area contributed by atoms with Gasteiger partial charge in [-0.15, -0.1) is 11.3 Å². The molecule has 0 spiro atoms. The molecule has 3 atom stereocenters. The predicted octanol–water partition coefficient (Wildman–Crippen LogP) is 1.96. The zero-order valence-corrected chi connectivity index (χ0v) is 11.1. The highest BCUT2D eigenvalue weighted by Crippen LogP contribution is 2.20. The number of piperidine rings is 1. The van der Waals surface area contributed by atoms with Gasteiger partial charge in [-0.1, -0.05) is 6.92 Å². The van der Waals surface area contributed by atoms with E-state index in [9.17, 15) is 0 Å². The van der Waals surface area contributed by atoms with Gasteiger partial charge in [0.2, 0.25) is 0 Å². The van der Waals surface area contributed by atoms with Gasteiger partial charge in [-0.3, -0.25) is 0 Å². The summed E-state index contributed by atoms with van der Waals surface area (Å²) >= 11 is 1.67. The van der Waals surface area contributed by atoms with Gasteiger partial charge in [0.25, 0.3) is 0 Å². The van der Waals surface area contributed by atoms with E-state index in [1.165, 1.54) is 18.7 Å². The highest BCUT2D eigenvalue weighted by molar-refractivity contribution is 7.07. The lowest BCUT2D eigenvalue weighted by molar-refractivity contribution is 0.121. The van der Waals surface area contributed by atoms with Crippen molar-refractivity contribution >= 4 is 11.3 Å². The Bertz CT molecular complexity index is 312. The van der Waals surface area contributed by atoms with Crippen LogP contribution in [0.1, 0.15) is 26.0 Å². The fourth-order valence-electron chi connectivity index (χ4n) is 2.39. The Labute approximate surface area is 102 Å². The zero-order chi connectivity index (χ0) is 11.5. The minimum atomic E-state index is 0.632. The predicted molar refractivity (Wildman–Crippen MR) is 68.6 cm³/mol. The molecule has 0 radical (unpaired) electrons. The Kier molecular flexibility index (Phi) is 3.95. The third-order valence-electron chi connectivity index (χ3n) is 3.64. The van der Waals surface area contributed by atoms with Crippen molar-refractivity contribution in [2.45, 2.75) is 38.9 Å². The van der Waals surface area contributed by atoms with Gasteiger partial charge in [0.05, 0.1) is 11.2 Å². The standard InChI is InChI=1S/C12H21N3S/c1-9-6-15(3)10(2)4-12(9)13-5-11-7-16-8-14-11/h7-10,12-13H,4-6H2,1-3H3. The van der Waals surface area contributed by atoms with Gasteiger partial charge in [-0.05, 0) is 26.3 Å². The maximum Gasteiger partial charge on any atom is 0.0795 e. The molecule has 3 nitrogen and oxygen atoms in total. The Morgan fingerprint density at radius 3 is 3.06 bits per heavy atom. The summed E-state index contributed by atoms with van der Waals surface area (Å²) in [5, 5.41) is 5.76. The molecular weight excluding hydrogens is 218 g/mol. The summed E-state index contributed by atoms with van der Waals surface area (Å²) < 4.78 is 0. The van der Waals surface area contributed by atoms with Gasteiger partial charge in [-0.2, -0.15) is 0 Å². The van der Waals surface area contributed by atoms with Gasteiger partial charge >= 0.3 is 0 Å². The molecular formula is C12H21N3S. The molecule has 1 fully saturated rings. The van der Waals surface area contributed by atoms with Crippen molar-refractivity contribution in [3.8, 4) is 0 Å². The van der Waals surface area contributed by atoms with Gasteiger partial charge < -0.3 is 10.2 Å². The van der Waals surface area contributed by atoms with Crippen LogP contribution in [0.2, 0.25) is 0 Å². The molecule has 2 heterocycles. The number of likely N-dealkylation sites (tertiary alicyclic amines) is 1. The zero-order valence-electron chi connectivity index (χ0n) is 10.3. The number of rotatable bonds is 3. The normalized spacial score (nSPS) is 31.8. The first kappa shape index (κ1) is 12.0. The van der Waals surface area contributed by atoms with Crippen molar-refractivity contribution in [2.75, 3.05) is 13.6 Å². The fraction of sp³-hybridized carbons (Fsp3) is 0.750. The van der Waals surface area contributed by atoms with Gasteiger partial charge in [0, 0.05) is 30.6 Å². The number of thiazole rings is 1. The molecule has 1 saturated heterocycles. The first-order chi connectivity index (χ1) is 7.66. The first-order valence-electron chi connectivity index (χ1n) is 5.97. The average Bonchev–Trinajstić information content (AvgIpc) is 2.74. The summed E-state index contributed by atoms with van der Waals surface area (Å²) in [6.45, 7) is 6.75. The van der Waals surface area contributed by atoms with Crippen LogP contribution < -0.4 is 5.32 Å². The highest BCUT2D eigenvalue weighted by atomic mass is 32.1. The van der Waals surface area contributed by atoms with E-state index >= 15 is 0 Å². The van der Waals surface area contributed by atoms with E-state index in [0.717, 1.165) is 12.5 Å². The summed E-state index contributed by atoms with van der Waals surface area (Å²) in [6.07, 6.45) is 1.24. The Morgan fingerprint density at radius 1 is 1.56 bits per heavy atom. The second-order valence-corrected chi connectivity index (χ2v) is 5.69. The molecule has 90 valence electrons. The first-order valence-corrected chi connectivity index (χ1v) is 6.91. The van der Waals surface area contributed by atoms with Crippen molar-refractivity contribution in [2.24, 2.45) is 5.92 Å². The van der Waals surface area contributed by atoms with Crippen LogP contribution in [0.5, 0.6) is 0 Å². The number of hydrogen-bond donors (Lipinski definition) is 1. The van der Waals surface area contributed by atoms with Gasteiger partial charge in [-0.25, -0.2) is 4.98 Å². The van der Waals surface area contributed by atoms with Crippen molar-refractivity contribution in [1.29, 1.82) is 0 Å². The maximum absolute atomic E-state index is 4.31. The van der Waals surface area contributed by atoms with E-state index in [1.54, 1.807) is 11.3 Å². The number of hydrogen-bond acceptors (Lipinski definition) is 4. The van der Waals surface area contributed by atoms with Gasteiger partial charge in [0.1, 0.15) is 0 Å². The van der Waals surface area contributed by atoms with Crippen LogP contribution in [0.4, 0.5) is 0 Å². The molecule has 0 amide bonds. The van der Waals surface area contributed by atoms with E-state index in [4.69, 9.17) is 0 Å². The summed E-state index contributed by atoms with van der Waals surface area (Å²) in [7, 11) is 2.22. The van der Waals surface area contributed by atoms with E-state index in [-0.39, 0.29) is 0 Å². The second-order valence-electron chi connectivity index (χ2n) is 4.97. The minimum Gasteiger partial charge on any atom is -0.308 e. The third kappa shape index (κ3) is 2.81. The van der Waals surface area contributed by atoms with Crippen LogP contribution in [0, 0.1) is 5.92 Å². The van der Waals surface area contributed by atoms with Crippen molar-refractivity contribution in [3.63, 3.8) is 0 Å². The molecule has 0 aromatic carbocycles. The maximum atomic E-state index is 4.31. The van der Waals surface area contributed by atoms with Crippen LogP contribution in [-0.2, 0) is 6.54 Å². The van der Waals surface area contributed by atoms with Crippen LogP contribution >= 0.6 is 11.3 Å². The number of nitrogens with one attached hydrogen (secondary N) is 1. The number of aromatic nitrogens is 1. The monoisotopic (exact) mass is 239 g/mol. The van der Waals surface area contributed by atoms with E-state index in [2.05, 4.69) is 41.5 Å². The van der Waals surface area contributed by atoms with Crippen LogP contribution in [0.15, 0.2) is 10.9 Å². The Balaban J connectivity index is 1.85. The van der Waals surface area contributed by atoms with Crippen LogP contribution in [0.25, 0.3) is 0 Å².